The summed E-state index contributed by atoms with van der Waals surface area (Å²) in [6.07, 6.45) is 3.60. The first kappa shape index (κ1) is 16.1. The molecule has 9 nitrogen and oxygen atoms in total. The Labute approximate surface area is 140 Å². The van der Waals surface area contributed by atoms with Crippen molar-refractivity contribution in [1.82, 2.24) is 9.88 Å². The third kappa shape index (κ3) is 3.43. The normalized spacial score (nSPS) is 15.2. The summed E-state index contributed by atoms with van der Waals surface area (Å²) in [4.78, 5) is 39.9. The molecule has 126 valence electrons. The van der Waals surface area contributed by atoms with Gasteiger partial charge in [-0.25, -0.2) is 4.98 Å². The van der Waals surface area contributed by atoms with E-state index in [0.717, 1.165) is 17.5 Å². The van der Waals surface area contributed by atoms with Gasteiger partial charge in [-0.2, -0.15) is 0 Å². The summed E-state index contributed by atoms with van der Waals surface area (Å²) in [5.74, 6) is -0.389. The highest BCUT2D eigenvalue weighted by molar-refractivity contribution is 7.18. The van der Waals surface area contributed by atoms with Gasteiger partial charge in [0.25, 0.3) is 5.91 Å². The Kier molecular flexibility index (Phi) is 4.56. The summed E-state index contributed by atoms with van der Waals surface area (Å²) in [7, 11) is 0. The van der Waals surface area contributed by atoms with Gasteiger partial charge in [0.15, 0.2) is 10.9 Å². The lowest BCUT2D eigenvalue weighted by atomic mass is 9.96. The maximum atomic E-state index is 12.2. The van der Waals surface area contributed by atoms with E-state index in [2.05, 4.69) is 10.3 Å². The van der Waals surface area contributed by atoms with Crippen LogP contribution < -0.4 is 5.32 Å². The molecule has 1 saturated heterocycles. The quantitative estimate of drug-likeness (QED) is 0.666. The third-order valence-electron chi connectivity index (χ3n) is 3.79. The Balaban J connectivity index is 1.53. The van der Waals surface area contributed by atoms with Crippen molar-refractivity contribution in [2.75, 3.05) is 18.4 Å². The smallest absolute Gasteiger partial charge is 0.345 e. The Morgan fingerprint density at radius 1 is 1.42 bits per heavy atom. The molecule has 0 unspecified atom stereocenters. The molecule has 1 fully saturated rings. The Bertz CT molecular complexity index is 749. The van der Waals surface area contributed by atoms with E-state index in [-0.39, 0.29) is 33.6 Å². The van der Waals surface area contributed by atoms with Crippen LogP contribution in [0.3, 0.4) is 0 Å². The first-order chi connectivity index (χ1) is 11.5. The molecule has 1 aliphatic rings. The summed E-state index contributed by atoms with van der Waals surface area (Å²) in [5, 5.41) is 13.3. The fourth-order valence-electron chi connectivity index (χ4n) is 2.52. The molecule has 0 radical (unpaired) electrons. The van der Waals surface area contributed by atoms with Gasteiger partial charge in [-0.15, -0.1) is 0 Å². The second kappa shape index (κ2) is 6.79. The van der Waals surface area contributed by atoms with Gasteiger partial charge in [-0.05, 0) is 36.3 Å². The molecule has 0 spiro atoms. The average molecular weight is 350 g/mol. The zero-order chi connectivity index (χ0) is 17.1. The second-order valence-electron chi connectivity index (χ2n) is 5.29. The highest BCUT2D eigenvalue weighted by Crippen LogP contribution is 2.27. The molecule has 0 atom stereocenters. The molecule has 24 heavy (non-hydrogen) atoms. The molecule has 2 aromatic rings. The van der Waals surface area contributed by atoms with Crippen LogP contribution in [0.25, 0.3) is 0 Å². The van der Waals surface area contributed by atoms with Gasteiger partial charge in [0, 0.05) is 19.0 Å². The van der Waals surface area contributed by atoms with Crippen LogP contribution in [0.4, 0.5) is 10.1 Å². The van der Waals surface area contributed by atoms with Crippen LogP contribution in [-0.4, -0.2) is 39.7 Å². The number of hydrogen-bond donors (Lipinski definition) is 1. The number of rotatable bonds is 4. The molecule has 2 aromatic heterocycles. The van der Waals surface area contributed by atoms with Gasteiger partial charge in [0.1, 0.15) is 6.20 Å². The number of thiazole rings is 1. The van der Waals surface area contributed by atoms with Gasteiger partial charge in [-0.3, -0.25) is 19.7 Å². The van der Waals surface area contributed by atoms with E-state index < -0.39 is 4.92 Å². The molecule has 3 rings (SSSR count). The van der Waals surface area contributed by atoms with Crippen molar-refractivity contribution in [1.29, 1.82) is 0 Å². The number of aromatic nitrogens is 1. The molecule has 2 amide bonds. The van der Waals surface area contributed by atoms with Gasteiger partial charge < -0.3 is 14.6 Å². The second-order valence-corrected chi connectivity index (χ2v) is 6.30. The molecule has 0 saturated carbocycles. The van der Waals surface area contributed by atoms with Gasteiger partial charge >= 0.3 is 5.00 Å². The van der Waals surface area contributed by atoms with Crippen molar-refractivity contribution in [3.05, 3.63) is 40.5 Å². The zero-order valence-electron chi connectivity index (χ0n) is 12.5. The predicted molar refractivity (Wildman–Crippen MR) is 84.7 cm³/mol. The Morgan fingerprint density at radius 2 is 2.17 bits per heavy atom. The van der Waals surface area contributed by atoms with Crippen molar-refractivity contribution in [3.63, 3.8) is 0 Å². The van der Waals surface area contributed by atoms with Crippen molar-refractivity contribution >= 4 is 33.3 Å². The van der Waals surface area contributed by atoms with Crippen LogP contribution in [0.2, 0.25) is 0 Å². The fourth-order valence-corrected chi connectivity index (χ4v) is 3.15. The van der Waals surface area contributed by atoms with Crippen LogP contribution >= 0.6 is 11.3 Å². The predicted octanol–water partition coefficient (Wildman–Crippen LogP) is 2.14. The molecule has 0 aromatic carbocycles. The van der Waals surface area contributed by atoms with E-state index in [1.165, 1.54) is 6.26 Å². The number of carbonyl (C=O) groups excluding carboxylic acids is 2. The minimum Gasteiger partial charge on any atom is -0.459 e. The van der Waals surface area contributed by atoms with Gasteiger partial charge in [0.2, 0.25) is 5.91 Å². The SMILES string of the molecule is O=C(Nc1ncc([N+](=O)[O-])s1)C1CCN(C(=O)c2ccco2)CC1. The Morgan fingerprint density at radius 3 is 2.75 bits per heavy atom. The molecule has 1 N–H and O–H groups in total. The van der Waals surface area contributed by atoms with Crippen LogP contribution in [-0.2, 0) is 4.79 Å². The summed E-state index contributed by atoms with van der Waals surface area (Å²) in [5.41, 5.74) is 0. The summed E-state index contributed by atoms with van der Waals surface area (Å²) in [6, 6.07) is 3.26. The number of likely N-dealkylation sites (tertiary alicyclic amines) is 1. The first-order valence-corrected chi connectivity index (χ1v) is 8.10. The van der Waals surface area contributed by atoms with Gasteiger partial charge in [-0.1, -0.05) is 0 Å². The molecule has 0 aliphatic carbocycles. The summed E-state index contributed by atoms with van der Waals surface area (Å²) < 4.78 is 5.09. The first-order valence-electron chi connectivity index (χ1n) is 7.28. The fraction of sp³-hybridized carbons (Fsp3) is 0.357. The van der Waals surface area contributed by atoms with Crippen LogP contribution in [0.15, 0.2) is 29.0 Å². The molecule has 10 heteroatoms. The van der Waals surface area contributed by atoms with E-state index in [9.17, 15) is 19.7 Å². The minimum absolute atomic E-state index is 0.121. The number of hydrogen-bond acceptors (Lipinski definition) is 7. The molecular formula is C14H14N4O5S. The number of furan rings is 1. The maximum absolute atomic E-state index is 12.2. The summed E-state index contributed by atoms with van der Waals surface area (Å²) >= 11 is 0.818. The van der Waals surface area contributed by atoms with Crippen LogP contribution in [0.1, 0.15) is 23.4 Å². The number of carbonyl (C=O) groups is 2. The van der Waals surface area contributed by atoms with E-state index >= 15 is 0 Å². The monoisotopic (exact) mass is 350 g/mol. The highest BCUT2D eigenvalue weighted by atomic mass is 32.1. The maximum Gasteiger partial charge on any atom is 0.345 e. The van der Waals surface area contributed by atoms with Crippen LogP contribution in [0.5, 0.6) is 0 Å². The van der Waals surface area contributed by atoms with E-state index in [4.69, 9.17) is 4.42 Å². The largest absolute Gasteiger partial charge is 0.459 e. The number of nitrogens with one attached hydrogen (secondary N) is 1. The number of amides is 2. The van der Waals surface area contributed by atoms with Crippen LogP contribution in [0, 0.1) is 16.0 Å². The third-order valence-corrected chi connectivity index (χ3v) is 4.65. The lowest BCUT2D eigenvalue weighted by Gasteiger charge is -2.30. The topological polar surface area (TPSA) is 119 Å². The standard InChI is InChI=1S/C14H14N4O5S/c19-12(16-14-15-8-11(24-14)18(21)22)9-3-5-17(6-4-9)13(20)10-2-1-7-23-10/h1-2,7-9H,3-6H2,(H,15,16,19). The van der Waals surface area contributed by atoms with Crippen molar-refractivity contribution in [2.24, 2.45) is 5.92 Å². The number of anilines is 1. The van der Waals surface area contributed by atoms with E-state index in [0.29, 0.717) is 25.9 Å². The number of nitrogens with zero attached hydrogens (tertiary/aromatic N) is 3. The molecule has 0 bridgehead atoms. The zero-order valence-corrected chi connectivity index (χ0v) is 13.3. The lowest BCUT2D eigenvalue weighted by Crippen LogP contribution is -2.41. The Hall–Kier alpha value is -2.75. The lowest BCUT2D eigenvalue weighted by molar-refractivity contribution is -0.380. The minimum atomic E-state index is -0.550. The molecule has 1 aliphatic heterocycles. The van der Waals surface area contributed by atoms with Crippen molar-refractivity contribution in [3.8, 4) is 0 Å². The number of nitro groups is 1. The van der Waals surface area contributed by atoms with Crippen molar-refractivity contribution in [2.45, 2.75) is 12.8 Å². The van der Waals surface area contributed by atoms with Gasteiger partial charge in [0.05, 0.1) is 11.2 Å². The van der Waals surface area contributed by atoms with E-state index in [1.54, 1.807) is 17.0 Å². The van der Waals surface area contributed by atoms with E-state index in [1.807, 2.05) is 0 Å². The molecular weight excluding hydrogens is 336 g/mol. The average Bonchev–Trinajstić information content (AvgIpc) is 3.26. The van der Waals surface area contributed by atoms with Crippen molar-refractivity contribution < 1.29 is 18.9 Å². The molecule has 3 heterocycles. The highest BCUT2D eigenvalue weighted by Gasteiger charge is 2.29. The summed E-state index contributed by atoms with van der Waals surface area (Å²) in [6.45, 7) is 0.908. The number of piperidine rings is 1.